The van der Waals surface area contributed by atoms with Gasteiger partial charge in [0, 0.05) is 12.2 Å². The lowest BCUT2D eigenvalue weighted by atomic mass is 10.2. The fourth-order valence-corrected chi connectivity index (χ4v) is 2.13. The number of carboxylic acids is 1. The second kappa shape index (κ2) is 5.26. The Balaban J connectivity index is 2.08. The first-order valence-electron chi connectivity index (χ1n) is 6.05. The Labute approximate surface area is 110 Å². The number of aliphatic carboxylic acids is 1. The summed E-state index contributed by atoms with van der Waals surface area (Å²) in [7, 11) is 0. The minimum Gasteiger partial charge on any atom is -0.480 e. The number of aryl methyl sites for hydroxylation is 1. The molecule has 0 radical (unpaired) electrons. The van der Waals surface area contributed by atoms with Gasteiger partial charge in [-0.2, -0.15) is 0 Å². The van der Waals surface area contributed by atoms with E-state index < -0.39 is 23.9 Å². The number of urea groups is 1. The average molecular weight is 266 g/mol. The van der Waals surface area contributed by atoms with E-state index in [9.17, 15) is 14.0 Å². The van der Waals surface area contributed by atoms with Crippen LogP contribution in [-0.4, -0.2) is 34.6 Å². The molecule has 1 heterocycles. The number of anilines is 1. The number of carbonyl (C=O) groups excluding carboxylic acids is 1. The van der Waals surface area contributed by atoms with E-state index in [0.29, 0.717) is 30.6 Å². The quantitative estimate of drug-likeness (QED) is 0.862. The molecule has 0 spiro atoms. The highest BCUT2D eigenvalue weighted by Crippen LogP contribution is 2.20. The predicted molar refractivity (Wildman–Crippen MR) is 67.5 cm³/mol. The molecule has 1 unspecified atom stereocenters. The maximum Gasteiger partial charge on any atom is 0.326 e. The van der Waals surface area contributed by atoms with Crippen molar-refractivity contribution in [2.45, 2.75) is 25.8 Å². The number of carbonyl (C=O) groups is 2. The van der Waals surface area contributed by atoms with Gasteiger partial charge >= 0.3 is 12.0 Å². The molecule has 0 aromatic heterocycles. The zero-order valence-corrected chi connectivity index (χ0v) is 10.5. The zero-order valence-electron chi connectivity index (χ0n) is 10.5. The molecule has 6 heteroatoms. The van der Waals surface area contributed by atoms with Crippen molar-refractivity contribution in [2.75, 3.05) is 11.9 Å². The van der Waals surface area contributed by atoms with Gasteiger partial charge in [-0.1, -0.05) is 6.07 Å². The van der Waals surface area contributed by atoms with Crippen molar-refractivity contribution < 1.29 is 19.1 Å². The summed E-state index contributed by atoms with van der Waals surface area (Å²) in [6.07, 6.45) is 1.11. The lowest BCUT2D eigenvalue weighted by Crippen LogP contribution is -2.42. The van der Waals surface area contributed by atoms with E-state index in [1.807, 2.05) is 0 Å². The fraction of sp³-hybridized carbons (Fsp3) is 0.385. The molecule has 1 aromatic carbocycles. The van der Waals surface area contributed by atoms with Crippen molar-refractivity contribution in [1.29, 1.82) is 0 Å². The van der Waals surface area contributed by atoms with Gasteiger partial charge in [-0.05, 0) is 37.5 Å². The van der Waals surface area contributed by atoms with Crippen LogP contribution in [0.3, 0.4) is 0 Å². The van der Waals surface area contributed by atoms with Gasteiger partial charge in [0.25, 0.3) is 0 Å². The van der Waals surface area contributed by atoms with Crippen LogP contribution in [0.25, 0.3) is 0 Å². The summed E-state index contributed by atoms with van der Waals surface area (Å²) < 4.78 is 13.4. The normalized spacial score (nSPS) is 18.4. The summed E-state index contributed by atoms with van der Waals surface area (Å²) in [6.45, 7) is 2.03. The summed E-state index contributed by atoms with van der Waals surface area (Å²) in [5.74, 6) is -1.42. The molecule has 102 valence electrons. The van der Waals surface area contributed by atoms with Gasteiger partial charge in [0.1, 0.15) is 11.9 Å². The van der Waals surface area contributed by atoms with Gasteiger partial charge in [-0.3, -0.25) is 0 Å². The van der Waals surface area contributed by atoms with Gasteiger partial charge in [0.2, 0.25) is 0 Å². The summed E-state index contributed by atoms with van der Waals surface area (Å²) in [6, 6.07) is 3.06. The second-order valence-corrected chi connectivity index (χ2v) is 4.58. The number of amides is 2. The van der Waals surface area contributed by atoms with Gasteiger partial charge < -0.3 is 15.3 Å². The molecule has 1 fully saturated rings. The standard InChI is InChI=1S/C13H15FN2O3/c1-8-4-5-9(7-10(8)14)15-13(19)16-6-2-3-11(16)12(17)18/h4-5,7,11H,2-3,6H2,1H3,(H,15,19)(H,17,18). The van der Waals surface area contributed by atoms with E-state index in [4.69, 9.17) is 5.11 Å². The van der Waals surface area contributed by atoms with Crippen LogP contribution in [0.5, 0.6) is 0 Å². The van der Waals surface area contributed by atoms with Crippen molar-refractivity contribution in [3.05, 3.63) is 29.6 Å². The van der Waals surface area contributed by atoms with Gasteiger partial charge in [0.15, 0.2) is 0 Å². The van der Waals surface area contributed by atoms with Crippen LogP contribution >= 0.6 is 0 Å². The molecule has 1 aromatic rings. The van der Waals surface area contributed by atoms with E-state index in [-0.39, 0.29) is 0 Å². The third kappa shape index (κ3) is 2.83. The molecule has 0 saturated carbocycles. The Morgan fingerprint density at radius 2 is 2.21 bits per heavy atom. The van der Waals surface area contributed by atoms with Crippen molar-refractivity contribution in [3.8, 4) is 0 Å². The number of halogens is 1. The molecule has 0 aliphatic carbocycles. The summed E-state index contributed by atoms with van der Waals surface area (Å²) in [4.78, 5) is 24.2. The number of nitrogens with zero attached hydrogens (tertiary/aromatic N) is 1. The molecule has 1 aliphatic heterocycles. The lowest BCUT2D eigenvalue weighted by Gasteiger charge is -2.21. The molecule has 2 rings (SSSR count). The third-order valence-electron chi connectivity index (χ3n) is 3.22. The third-order valence-corrected chi connectivity index (χ3v) is 3.22. The van der Waals surface area contributed by atoms with Crippen LogP contribution in [0.15, 0.2) is 18.2 Å². The molecular formula is C13H15FN2O3. The Hall–Kier alpha value is -2.11. The number of hydrogen-bond donors (Lipinski definition) is 2. The van der Waals surface area contributed by atoms with Gasteiger partial charge in [-0.15, -0.1) is 0 Å². The maximum atomic E-state index is 13.4. The Morgan fingerprint density at radius 3 is 2.84 bits per heavy atom. The number of likely N-dealkylation sites (tertiary alicyclic amines) is 1. The fourth-order valence-electron chi connectivity index (χ4n) is 2.13. The highest BCUT2D eigenvalue weighted by molar-refractivity contribution is 5.92. The molecule has 19 heavy (non-hydrogen) atoms. The van der Waals surface area contributed by atoms with Crippen LogP contribution in [0.2, 0.25) is 0 Å². The van der Waals surface area contributed by atoms with E-state index >= 15 is 0 Å². The van der Waals surface area contributed by atoms with Crippen LogP contribution in [0.4, 0.5) is 14.9 Å². The number of rotatable bonds is 2. The number of benzene rings is 1. The van der Waals surface area contributed by atoms with E-state index in [0.717, 1.165) is 0 Å². The topological polar surface area (TPSA) is 69.6 Å². The average Bonchev–Trinajstić information content (AvgIpc) is 2.83. The zero-order chi connectivity index (χ0) is 14.0. The Kier molecular flexibility index (Phi) is 3.69. The summed E-state index contributed by atoms with van der Waals surface area (Å²) in [5.41, 5.74) is 0.812. The Bertz CT molecular complexity index is 519. The predicted octanol–water partition coefficient (Wildman–Crippen LogP) is 2.22. The minimum absolute atomic E-state index is 0.323. The lowest BCUT2D eigenvalue weighted by molar-refractivity contribution is -0.141. The molecular weight excluding hydrogens is 251 g/mol. The highest BCUT2D eigenvalue weighted by atomic mass is 19.1. The number of carboxylic acid groups (broad SMARTS) is 1. The first-order chi connectivity index (χ1) is 8.99. The molecule has 2 amide bonds. The van der Waals surface area contributed by atoms with Crippen LogP contribution in [0, 0.1) is 12.7 Å². The van der Waals surface area contributed by atoms with Crippen molar-refractivity contribution in [1.82, 2.24) is 4.90 Å². The van der Waals surface area contributed by atoms with E-state index in [1.165, 1.54) is 11.0 Å². The molecule has 1 aliphatic rings. The largest absolute Gasteiger partial charge is 0.480 e. The summed E-state index contributed by atoms with van der Waals surface area (Å²) >= 11 is 0. The van der Waals surface area contributed by atoms with Crippen LogP contribution < -0.4 is 5.32 Å². The number of hydrogen-bond acceptors (Lipinski definition) is 2. The SMILES string of the molecule is Cc1ccc(NC(=O)N2CCCC2C(=O)O)cc1F. The van der Waals surface area contributed by atoms with E-state index in [2.05, 4.69) is 5.32 Å². The van der Waals surface area contributed by atoms with Crippen LogP contribution in [-0.2, 0) is 4.79 Å². The minimum atomic E-state index is -1.01. The van der Waals surface area contributed by atoms with E-state index in [1.54, 1.807) is 19.1 Å². The molecule has 2 N–H and O–H groups in total. The molecule has 1 saturated heterocycles. The first kappa shape index (κ1) is 13.3. The van der Waals surface area contributed by atoms with Gasteiger partial charge in [0.05, 0.1) is 0 Å². The van der Waals surface area contributed by atoms with Crippen molar-refractivity contribution >= 4 is 17.7 Å². The highest BCUT2D eigenvalue weighted by Gasteiger charge is 2.33. The van der Waals surface area contributed by atoms with Crippen molar-refractivity contribution in [2.24, 2.45) is 0 Å². The second-order valence-electron chi connectivity index (χ2n) is 4.58. The van der Waals surface area contributed by atoms with Crippen LogP contribution in [0.1, 0.15) is 18.4 Å². The molecule has 1 atom stereocenters. The number of nitrogens with one attached hydrogen (secondary N) is 1. The molecule has 0 bridgehead atoms. The first-order valence-corrected chi connectivity index (χ1v) is 6.05. The van der Waals surface area contributed by atoms with Crippen molar-refractivity contribution in [3.63, 3.8) is 0 Å². The molecule has 5 nitrogen and oxygen atoms in total. The maximum absolute atomic E-state index is 13.4. The Morgan fingerprint density at radius 1 is 1.47 bits per heavy atom. The summed E-state index contributed by atoms with van der Waals surface area (Å²) in [5, 5.41) is 11.5. The van der Waals surface area contributed by atoms with Gasteiger partial charge in [-0.25, -0.2) is 14.0 Å². The smallest absolute Gasteiger partial charge is 0.326 e. The monoisotopic (exact) mass is 266 g/mol.